The number of primary sulfonamides is 1. The third kappa shape index (κ3) is 4.81. The van der Waals surface area contributed by atoms with Crippen LogP contribution in [0.15, 0.2) is 14.5 Å². The van der Waals surface area contributed by atoms with Crippen LogP contribution in [0.5, 0.6) is 0 Å². The zero-order chi connectivity index (χ0) is 19.5. The smallest absolute Gasteiger partial charge is 0.302 e. The molecule has 2 heterocycles. The van der Waals surface area contributed by atoms with E-state index in [4.69, 9.17) is 9.88 Å². The van der Waals surface area contributed by atoms with Crippen LogP contribution in [0.1, 0.15) is 38.3 Å². The van der Waals surface area contributed by atoms with Crippen molar-refractivity contribution in [2.45, 2.75) is 41.1 Å². The monoisotopic (exact) mass is 425 g/mol. The van der Waals surface area contributed by atoms with Crippen LogP contribution in [0.25, 0.3) is 0 Å². The molecule has 1 aromatic rings. The van der Waals surface area contributed by atoms with E-state index in [1.807, 2.05) is 6.92 Å². The molecule has 148 valence electrons. The fraction of sp³-hybridized carbons (Fsp3) is 0.643. The van der Waals surface area contributed by atoms with E-state index in [0.717, 1.165) is 6.42 Å². The lowest BCUT2D eigenvalue weighted by Gasteiger charge is -2.32. The van der Waals surface area contributed by atoms with Crippen molar-refractivity contribution in [1.29, 1.82) is 0 Å². The molecule has 0 aromatic carbocycles. The molecule has 0 aliphatic carbocycles. The van der Waals surface area contributed by atoms with Gasteiger partial charge in [-0.25, -0.2) is 22.0 Å². The van der Waals surface area contributed by atoms with Gasteiger partial charge in [-0.1, -0.05) is 6.92 Å². The lowest BCUT2D eigenvalue weighted by atomic mass is 10.1. The summed E-state index contributed by atoms with van der Waals surface area (Å²) in [7, 11) is -7.82. The third-order valence-corrected chi connectivity index (χ3v) is 8.78. The van der Waals surface area contributed by atoms with E-state index >= 15 is 0 Å². The normalized spacial score (nSPS) is 19.9. The van der Waals surface area contributed by atoms with E-state index in [-0.39, 0.29) is 34.2 Å². The Morgan fingerprint density at radius 3 is 2.77 bits per heavy atom. The first kappa shape index (κ1) is 21.3. The Morgan fingerprint density at radius 1 is 1.50 bits per heavy atom. The maximum atomic E-state index is 12.9. The Labute approximate surface area is 157 Å². The minimum Gasteiger partial charge on any atom is -0.466 e. The highest BCUT2D eigenvalue weighted by molar-refractivity contribution is 7.94. The van der Waals surface area contributed by atoms with Gasteiger partial charge in [-0.05, 0) is 25.5 Å². The third-order valence-electron chi connectivity index (χ3n) is 3.82. The maximum Gasteiger partial charge on any atom is 0.302 e. The zero-order valence-electron chi connectivity index (χ0n) is 14.6. The number of nitrogens with two attached hydrogens (primary N) is 1. The minimum absolute atomic E-state index is 0.00568. The molecule has 0 radical (unpaired) electrons. The van der Waals surface area contributed by atoms with Gasteiger partial charge >= 0.3 is 5.97 Å². The summed E-state index contributed by atoms with van der Waals surface area (Å²) in [6.45, 7) is 4.39. The molecule has 1 atom stereocenters. The zero-order valence-corrected chi connectivity index (χ0v) is 17.0. The molecule has 1 aromatic heterocycles. The summed E-state index contributed by atoms with van der Waals surface area (Å²) >= 11 is 0.666. The molecule has 0 saturated heterocycles. The fourth-order valence-electron chi connectivity index (χ4n) is 2.63. The molecule has 9 nitrogen and oxygen atoms in total. The van der Waals surface area contributed by atoms with Crippen molar-refractivity contribution < 1.29 is 26.4 Å². The number of esters is 1. The summed E-state index contributed by atoms with van der Waals surface area (Å²) < 4.78 is 55.0. The van der Waals surface area contributed by atoms with Gasteiger partial charge in [0.1, 0.15) is 8.42 Å². The van der Waals surface area contributed by atoms with Gasteiger partial charge in [0.05, 0.1) is 6.61 Å². The topological polar surface area (TPSA) is 136 Å². The van der Waals surface area contributed by atoms with Crippen molar-refractivity contribution in [1.82, 2.24) is 9.62 Å². The molecule has 26 heavy (non-hydrogen) atoms. The van der Waals surface area contributed by atoms with Gasteiger partial charge in [0.15, 0.2) is 0 Å². The van der Waals surface area contributed by atoms with Gasteiger partial charge in [0.2, 0.25) is 10.0 Å². The number of nitrogens with zero attached hydrogens (tertiary/aromatic N) is 1. The number of hydrogen-bond donors (Lipinski definition) is 2. The first-order valence-corrected chi connectivity index (χ1v) is 11.9. The highest BCUT2D eigenvalue weighted by Gasteiger charge is 2.39. The largest absolute Gasteiger partial charge is 0.466 e. The maximum absolute atomic E-state index is 12.9. The van der Waals surface area contributed by atoms with Crippen LogP contribution in [0.3, 0.4) is 0 Å². The molecule has 0 saturated carbocycles. The molecule has 12 heteroatoms. The average Bonchev–Trinajstić information content (AvgIpc) is 2.99. The van der Waals surface area contributed by atoms with E-state index in [2.05, 4.69) is 5.32 Å². The van der Waals surface area contributed by atoms with Crippen LogP contribution in [-0.4, -0.2) is 53.4 Å². The highest BCUT2D eigenvalue weighted by atomic mass is 32.3. The molecule has 0 unspecified atom stereocenters. The Bertz CT molecular complexity index is 862. The number of ether oxygens (including phenoxy) is 1. The number of fused-ring (bicyclic) bond motifs is 1. The summed E-state index contributed by atoms with van der Waals surface area (Å²) in [5.74, 6) is -0.424. The van der Waals surface area contributed by atoms with E-state index in [1.165, 1.54) is 17.3 Å². The second-order valence-corrected chi connectivity index (χ2v) is 10.9. The number of carbonyl (C=O) groups excluding carboxylic acids is 1. The molecule has 2 rings (SSSR count). The Hall–Kier alpha value is -1.05. The molecule has 1 aliphatic heterocycles. The number of carbonyl (C=O) groups is 1. The quantitative estimate of drug-likeness (QED) is 0.454. The SMILES string of the molecule is CCCN[C@H]1CN(CCCOC(C)=O)S(=O)(=O)c2sc(S(N)(=O)=O)cc21. The molecule has 0 fully saturated rings. The van der Waals surface area contributed by atoms with Gasteiger partial charge in [0.25, 0.3) is 10.0 Å². The summed E-state index contributed by atoms with van der Waals surface area (Å²) in [5.41, 5.74) is 0.434. The predicted octanol–water partition coefficient (Wildman–Crippen LogP) is 0.394. The molecular formula is C14H23N3O6S3. The van der Waals surface area contributed by atoms with E-state index < -0.39 is 26.0 Å². The standard InChI is InChI=1S/C14H23N3O6S3/c1-3-5-16-12-9-17(6-4-7-23-10(2)18)26(21,22)14-11(12)8-13(24-14)25(15,19)20/h8,12,16H,3-7,9H2,1-2H3,(H2,15,19,20)/t12-/m0/s1. The van der Waals surface area contributed by atoms with Crippen LogP contribution >= 0.6 is 11.3 Å². The van der Waals surface area contributed by atoms with Crippen molar-refractivity contribution in [3.05, 3.63) is 11.6 Å². The average molecular weight is 426 g/mol. The van der Waals surface area contributed by atoms with Gasteiger partial charge in [-0.15, -0.1) is 11.3 Å². The first-order chi connectivity index (χ1) is 12.1. The number of rotatable bonds is 8. The van der Waals surface area contributed by atoms with Crippen LogP contribution in [0, 0.1) is 0 Å². The number of thiophene rings is 1. The Kier molecular flexibility index (Phi) is 6.80. The van der Waals surface area contributed by atoms with E-state index in [9.17, 15) is 21.6 Å². The fourth-order valence-corrected chi connectivity index (χ4v) is 6.94. The van der Waals surface area contributed by atoms with E-state index in [1.54, 1.807) is 0 Å². The van der Waals surface area contributed by atoms with Crippen molar-refractivity contribution in [3.8, 4) is 0 Å². The molecule has 1 aliphatic rings. The summed E-state index contributed by atoms with van der Waals surface area (Å²) in [6.07, 6.45) is 1.19. The van der Waals surface area contributed by atoms with Gasteiger partial charge in [-0.2, -0.15) is 4.31 Å². The van der Waals surface area contributed by atoms with Crippen LogP contribution in [0.2, 0.25) is 0 Å². The Morgan fingerprint density at radius 2 is 2.19 bits per heavy atom. The number of sulfonamides is 2. The summed E-state index contributed by atoms with van der Waals surface area (Å²) in [4.78, 5) is 10.8. The molecule has 0 spiro atoms. The minimum atomic E-state index is -3.99. The van der Waals surface area contributed by atoms with E-state index in [0.29, 0.717) is 29.9 Å². The molecule has 0 bridgehead atoms. The highest BCUT2D eigenvalue weighted by Crippen LogP contribution is 2.39. The first-order valence-electron chi connectivity index (χ1n) is 8.10. The van der Waals surface area contributed by atoms with Gasteiger partial charge in [0, 0.05) is 31.6 Å². The van der Waals surface area contributed by atoms with Crippen molar-refractivity contribution in [3.63, 3.8) is 0 Å². The van der Waals surface area contributed by atoms with Crippen LogP contribution in [0.4, 0.5) is 0 Å². The van der Waals surface area contributed by atoms with Crippen molar-refractivity contribution >= 4 is 37.4 Å². The second-order valence-electron chi connectivity index (χ2n) is 5.92. The van der Waals surface area contributed by atoms with Crippen LogP contribution in [-0.2, 0) is 29.6 Å². The predicted molar refractivity (Wildman–Crippen MR) is 96.7 cm³/mol. The molecule has 0 amide bonds. The van der Waals surface area contributed by atoms with Crippen LogP contribution < -0.4 is 10.5 Å². The second kappa shape index (κ2) is 8.31. The number of nitrogens with one attached hydrogen (secondary N) is 1. The molecule has 3 N–H and O–H groups in total. The van der Waals surface area contributed by atoms with Crippen molar-refractivity contribution in [2.24, 2.45) is 5.14 Å². The summed E-state index contributed by atoms with van der Waals surface area (Å²) in [6, 6.07) is 1.02. The Balaban J connectivity index is 2.31. The van der Waals surface area contributed by atoms with Gasteiger partial charge in [-0.3, -0.25) is 4.79 Å². The lowest BCUT2D eigenvalue weighted by Crippen LogP contribution is -2.44. The van der Waals surface area contributed by atoms with Crippen molar-refractivity contribution in [2.75, 3.05) is 26.2 Å². The lowest BCUT2D eigenvalue weighted by molar-refractivity contribution is -0.141. The summed E-state index contributed by atoms with van der Waals surface area (Å²) in [5, 5.41) is 8.42. The number of hydrogen-bond acceptors (Lipinski definition) is 8. The molecular weight excluding hydrogens is 402 g/mol. The van der Waals surface area contributed by atoms with Gasteiger partial charge < -0.3 is 10.1 Å².